The topological polar surface area (TPSA) is 18.5 Å². The van der Waals surface area contributed by atoms with Gasteiger partial charge in [0.1, 0.15) is 11.5 Å². The second-order valence-corrected chi connectivity index (χ2v) is 6.99. The van der Waals surface area contributed by atoms with Gasteiger partial charge in [-0.3, -0.25) is 0 Å². The first-order valence-corrected chi connectivity index (χ1v) is 9.95. The molecule has 5 aromatic carbocycles. The van der Waals surface area contributed by atoms with Gasteiger partial charge in [0.15, 0.2) is 11.5 Å². The zero-order valence-electron chi connectivity index (χ0n) is 16.4. The van der Waals surface area contributed by atoms with Gasteiger partial charge in [-0.15, -0.1) is 0 Å². The van der Waals surface area contributed by atoms with Crippen molar-refractivity contribution in [1.29, 1.82) is 0 Å². The molecule has 0 N–H and O–H groups in total. The third kappa shape index (κ3) is 3.63. The summed E-state index contributed by atoms with van der Waals surface area (Å²) in [6, 6.07) is 40.3. The fraction of sp³-hybridized carbons (Fsp3) is 0. The van der Waals surface area contributed by atoms with Gasteiger partial charge in [-0.1, -0.05) is 97.1 Å². The third-order valence-corrected chi connectivity index (χ3v) is 5.00. The highest BCUT2D eigenvalue weighted by atomic mass is 16.5. The Morgan fingerprint density at radius 1 is 0.433 bits per heavy atom. The molecule has 0 saturated carbocycles. The second kappa shape index (κ2) is 8.14. The Hall–Kier alpha value is -4.04. The van der Waals surface area contributed by atoms with Crippen LogP contribution in [0.25, 0.3) is 21.9 Å². The van der Waals surface area contributed by atoms with Crippen LogP contribution in [0.2, 0.25) is 0 Å². The first-order valence-electron chi connectivity index (χ1n) is 9.95. The van der Waals surface area contributed by atoms with E-state index in [9.17, 15) is 0 Å². The maximum Gasteiger partial charge on any atom is 0.177 e. The number of hydrogen-bond donors (Lipinski definition) is 0. The zero-order valence-corrected chi connectivity index (χ0v) is 16.4. The molecular weight excluding hydrogens is 368 g/mol. The van der Waals surface area contributed by atoms with E-state index in [0.717, 1.165) is 33.4 Å². The van der Waals surface area contributed by atoms with Crippen molar-refractivity contribution in [2.45, 2.75) is 0 Å². The number of ether oxygens (including phenoxy) is 2. The molecule has 2 nitrogen and oxygen atoms in total. The molecule has 0 aliphatic heterocycles. The summed E-state index contributed by atoms with van der Waals surface area (Å²) in [5, 5.41) is 2.20. The van der Waals surface area contributed by atoms with Crippen LogP contribution in [-0.2, 0) is 0 Å². The average Bonchev–Trinajstić information content (AvgIpc) is 2.82. The molecule has 0 aliphatic rings. The van der Waals surface area contributed by atoms with Crippen molar-refractivity contribution in [3.8, 4) is 34.1 Å². The molecule has 0 fully saturated rings. The number of fused-ring (bicyclic) bond motifs is 1. The molecule has 5 rings (SSSR count). The fourth-order valence-electron chi connectivity index (χ4n) is 3.56. The Morgan fingerprint density at radius 2 is 1.07 bits per heavy atom. The lowest BCUT2D eigenvalue weighted by molar-refractivity contribution is 0.422. The van der Waals surface area contributed by atoms with Gasteiger partial charge >= 0.3 is 0 Å². The standard InChI is InChI=1S/C28H20O2/c1-3-11-22(12-4-1)25-18-10-20-27(29-23-15-5-2-6-16-23)28(25)30-26-19-9-14-21-13-7-8-17-24(21)26/h1-20H. The molecular formula is C28H20O2. The molecule has 0 aromatic heterocycles. The molecule has 0 radical (unpaired) electrons. The van der Waals surface area contributed by atoms with E-state index in [2.05, 4.69) is 36.4 Å². The molecule has 0 amide bonds. The van der Waals surface area contributed by atoms with Crippen molar-refractivity contribution in [2.24, 2.45) is 0 Å². The van der Waals surface area contributed by atoms with Crippen molar-refractivity contribution >= 4 is 10.8 Å². The lowest BCUT2D eigenvalue weighted by atomic mass is 10.0. The summed E-state index contributed by atoms with van der Waals surface area (Å²) >= 11 is 0. The van der Waals surface area contributed by atoms with Gasteiger partial charge in [-0.25, -0.2) is 0 Å². The predicted molar refractivity (Wildman–Crippen MR) is 122 cm³/mol. The maximum atomic E-state index is 6.56. The highest BCUT2D eigenvalue weighted by Crippen LogP contribution is 2.43. The largest absolute Gasteiger partial charge is 0.453 e. The van der Waals surface area contributed by atoms with Gasteiger partial charge in [0, 0.05) is 10.9 Å². The van der Waals surface area contributed by atoms with Crippen molar-refractivity contribution in [2.75, 3.05) is 0 Å². The minimum absolute atomic E-state index is 0.676. The van der Waals surface area contributed by atoms with Gasteiger partial charge in [0.05, 0.1) is 0 Å². The number of para-hydroxylation sites is 2. The summed E-state index contributed by atoms with van der Waals surface area (Å²) in [4.78, 5) is 0. The van der Waals surface area contributed by atoms with Gasteiger partial charge in [0.25, 0.3) is 0 Å². The van der Waals surface area contributed by atoms with E-state index in [1.54, 1.807) is 0 Å². The van der Waals surface area contributed by atoms with Gasteiger partial charge in [0.2, 0.25) is 0 Å². The van der Waals surface area contributed by atoms with Crippen molar-refractivity contribution < 1.29 is 9.47 Å². The van der Waals surface area contributed by atoms with E-state index in [1.165, 1.54) is 0 Å². The Bertz CT molecular complexity index is 1270. The van der Waals surface area contributed by atoms with Crippen LogP contribution in [0.3, 0.4) is 0 Å². The van der Waals surface area contributed by atoms with Crippen LogP contribution in [0.1, 0.15) is 0 Å². The summed E-state index contributed by atoms with van der Waals surface area (Å²) in [5.41, 5.74) is 2.06. The summed E-state index contributed by atoms with van der Waals surface area (Å²) in [6.45, 7) is 0. The molecule has 0 bridgehead atoms. The van der Waals surface area contributed by atoms with Crippen LogP contribution in [0.4, 0.5) is 0 Å². The number of hydrogen-bond acceptors (Lipinski definition) is 2. The predicted octanol–water partition coefficient (Wildman–Crippen LogP) is 8.09. The van der Waals surface area contributed by atoms with Crippen molar-refractivity contribution in [3.05, 3.63) is 121 Å². The Kier molecular flexibility index (Phi) is 4.89. The minimum Gasteiger partial charge on any atom is -0.453 e. The second-order valence-electron chi connectivity index (χ2n) is 6.99. The Morgan fingerprint density at radius 3 is 1.90 bits per heavy atom. The lowest BCUT2D eigenvalue weighted by Crippen LogP contribution is -1.94. The molecule has 0 heterocycles. The van der Waals surface area contributed by atoms with Crippen LogP contribution in [0.15, 0.2) is 121 Å². The van der Waals surface area contributed by atoms with E-state index < -0.39 is 0 Å². The lowest BCUT2D eigenvalue weighted by Gasteiger charge is -2.17. The van der Waals surface area contributed by atoms with E-state index in [-0.39, 0.29) is 0 Å². The van der Waals surface area contributed by atoms with Gasteiger partial charge in [-0.2, -0.15) is 0 Å². The Balaban J connectivity index is 1.66. The molecule has 5 aromatic rings. The van der Waals surface area contributed by atoms with Gasteiger partial charge in [-0.05, 0) is 35.2 Å². The highest BCUT2D eigenvalue weighted by Gasteiger charge is 2.16. The summed E-state index contributed by atoms with van der Waals surface area (Å²) in [5.74, 6) is 2.94. The Labute approximate surface area is 176 Å². The SMILES string of the molecule is c1ccc(Oc2cccc(-c3ccccc3)c2Oc2cccc3ccccc23)cc1. The maximum absolute atomic E-state index is 6.56. The summed E-state index contributed by atoms with van der Waals surface area (Å²) < 4.78 is 12.8. The molecule has 30 heavy (non-hydrogen) atoms. The average molecular weight is 388 g/mol. The third-order valence-electron chi connectivity index (χ3n) is 5.00. The summed E-state index contributed by atoms with van der Waals surface area (Å²) in [6.07, 6.45) is 0. The van der Waals surface area contributed by atoms with E-state index in [1.807, 2.05) is 84.9 Å². The van der Waals surface area contributed by atoms with E-state index in [0.29, 0.717) is 11.5 Å². The molecule has 0 saturated heterocycles. The number of rotatable bonds is 5. The van der Waals surface area contributed by atoms with E-state index in [4.69, 9.17) is 9.47 Å². The van der Waals surface area contributed by atoms with Crippen molar-refractivity contribution in [1.82, 2.24) is 0 Å². The first kappa shape index (κ1) is 18.0. The van der Waals surface area contributed by atoms with E-state index >= 15 is 0 Å². The molecule has 0 spiro atoms. The quantitative estimate of drug-likeness (QED) is 0.303. The number of benzene rings is 5. The van der Waals surface area contributed by atoms with Crippen LogP contribution in [-0.4, -0.2) is 0 Å². The highest BCUT2D eigenvalue weighted by molar-refractivity contribution is 5.89. The monoisotopic (exact) mass is 388 g/mol. The minimum atomic E-state index is 0.676. The summed E-state index contributed by atoms with van der Waals surface area (Å²) in [7, 11) is 0. The molecule has 0 atom stereocenters. The zero-order chi connectivity index (χ0) is 20.2. The van der Waals surface area contributed by atoms with Crippen LogP contribution >= 0.6 is 0 Å². The van der Waals surface area contributed by atoms with Gasteiger partial charge < -0.3 is 9.47 Å². The molecule has 0 unspecified atom stereocenters. The smallest absolute Gasteiger partial charge is 0.177 e. The molecule has 0 aliphatic carbocycles. The van der Waals surface area contributed by atoms with Crippen LogP contribution < -0.4 is 9.47 Å². The first-order chi connectivity index (χ1) is 14.9. The van der Waals surface area contributed by atoms with Crippen LogP contribution in [0, 0.1) is 0 Å². The molecule has 144 valence electrons. The molecule has 2 heteroatoms. The van der Waals surface area contributed by atoms with Crippen molar-refractivity contribution in [3.63, 3.8) is 0 Å². The normalized spacial score (nSPS) is 10.7. The fourth-order valence-corrected chi connectivity index (χ4v) is 3.56. The van der Waals surface area contributed by atoms with Crippen LogP contribution in [0.5, 0.6) is 23.0 Å².